The number of halogens is 2. The number of hydrogen-bond acceptors (Lipinski definition) is 2. The van der Waals surface area contributed by atoms with E-state index in [1.54, 1.807) is 0 Å². The molecule has 0 spiro atoms. The highest BCUT2D eigenvalue weighted by Crippen LogP contribution is 2.11. The molecular formula is C18H19F2NO2. The van der Waals surface area contributed by atoms with Crippen LogP contribution in [0.25, 0.3) is 0 Å². The molecule has 0 unspecified atom stereocenters. The summed E-state index contributed by atoms with van der Waals surface area (Å²) in [7, 11) is 0. The van der Waals surface area contributed by atoms with E-state index in [-0.39, 0.29) is 30.9 Å². The Labute approximate surface area is 134 Å². The molecule has 2 aromatic rings. The molecule has 23 heavy (non-hydrogen) atoms. The second-order valence-corrected chi connectivity index (χ2v) is 5.31. The van der Waals surface area contributed by atoms with Crippen LogP contribution in [0.4, 0.5) is 8.78 Å². The maximum atomic E-state index is 13.4. The summed E-state index contributed by atoms with van der Waals surface area (Å²) >= 11 is 0. The smallest absolute Gasteiger partial charge is 0.220 e. The highest BCUT2D eigenvalue weighted by Gasteiger charge is 2.07. The third-order valence-electron chi connectivity index (χ3n) is 3.57. The second kappa shape index (κ2) is 8.39. The van der Waals surface area contributed by atoms with Crippen molar-refractivity contribution in [3.05, 3.63) is 70.8 Å². The Bertz CT molecular complexity index is 657. The van der Waals surface area contributed by atoms with Crippen LogP contribution in [-0.2, 0) is 24.2 Å². The van der Waals surface area contributed by atoms with Crippen molar-refractivity contribution in [1.82, 2.24) is 5.32 Å². The van der Waals surface area contributed by atoms with E-state index in [1.165, 1.54) is 0 Å². The number of aliphatic hydroxyl groups is 1. The van der Waals surface area contributed by atoms with Crippen LogP contribution in [0.15, 0.2) is 42.5 Å². The van der Waals surface area contributed by atoms with Crippen LogP contribution in [-0.4, -0.2) is 17.6 Å². The minimum absolute atomic E-state index is 0.00760. The molecule has 2 rings (SSSR count). The molecule has 0 aliphatic rings. The van der Waals surface area contributed by atoms with Gasteiger partial charge in [-0.1, -0.05) is 24.3 Å². The van der Waals surface area contributed by atoms with Gasteiger partial charge in [0.2, 0.25) is 5.91 Å². The Hall–Kier alpha value is -2.27. The zero-order valence-electron chi connectivity index (χ0n) is 12.7. The zero-order valence-corrected chi connectivity index (χ0v) is 12.7. The van der Waals surface area contributed by atoms with Gasteiger partial charge in [0.25, 0.3) is 0 Å². The first-order valence-corrected chi connectivity index (χ1v) is 7.48. The number of carbonyl (C=O) groups excluding carboxylic acids is 1. The van der Waals surface area contributed by atoms with Gasteiger partial charge in [-0.15, -0.1) is 0 Å². The van der Waals surface area contributed by atoms with Crippen LogP contribution in [0.2, 0.25) is 0 Å². The number of aryl methyl sites for hydroxylation is 1. The van der Waals surface area contributed by atoms with Crippen molar-refractivity contribution in [2.45, 2.75) is 25.9 Å². The topological polar surface area (TPSA) is 49.3 Å². The average Bonchev–Trinajstić information content (AvgIpc) is 2.56. The largest absolute Gasteiger partial charge is 0.392 e. The van der Waals surface area contributed by atoms with Gasteiger partial charge in [-0.2, -0.15) is 0 Å². The molecule has 3 nitrogen and oxygen atoms in total. The molecule has 1 amide bonds. The number of hydrogen-bond donors (Lipinski definition) is 2. The van der Waals surface area contributed by atoms with Gasteiger partial charge in [0.15, 0.2) is 0 Å². The Morgan fingerprint density at radius 1 is 1.00 bits per heavy atom. The van der Waals surface area contributed by atoms with Gasteiger partial charge < -0.3 is 10.4 Å². The summed E-state index contributed by atoms with van der Waals surface area (Å²) in [5.41, 5.74) is 2.10. The lowest BCUT2D eigenvalue weighted by Gasteiger charge is -2.07. The molecule has 2 N–H and O–H groups in total. The van der Waals surface area contributed by atoms with E-state index in [0.29, 0.717) is 13.0 Å². The summed E-state index contributed by atoms with van der Waals surface area (Å²) in [6.07, 6.45) is 0.955. The Kier molecular flexibility index (Phi) is 6.23. The molecule has 0 bridgehead atoms. The minimum Gasteiger partial charge on any atom is -0.392 e. The molecule has 2 aromatic carbocycles. The van der Waals surface area contributed by atoms with Crippen LogP contribution in [0.5, 0.6) is 0 Å². The third kappa shape index (κ3) is 5.45. The molecule has 0 saturated heterocycles. The van der Waals surface area contributed by atoms with Crippen molar-refractivity contribution >= 4 is 5.91 Å². The van der Waals surface area contributed by atoms with Crippen molar-refractivity contribution in [3.8, 4) is 0 Å². The van der Waals surface area contributed by atoms with Crippen molar-refractivity contribution < 1.29 is 18.7 Å². The lowest BCUT2D eigenvalue weighted by molar-refractivity contribution is -0.121. The number of benzene rings is 2. The summed E-state index contributed by atoms with van der Waals surface area (Å²) < 4.78 is 26.5. The molecule has 0 aliphatic heterocycles. The summed E-state index contributed by atoms with van der Waals surface area (Å²) in [5, 5.41) is 11.7. The molecular weight excluding hydrogens is 300 g/mol. The van der Waals surface area contributed by atoms with E-state index in [1.807, 2.05) is 24.3 Å². The van der Waals surface area contributed by atoms with E-state index >= 15 is 0 Å². The average molecular weight is 319 g/mol. The molecule has 0 heterocycles. The number of aliphatic hydroxyl groups excluding tert-OH is 1. The summed E-state index contributed by atoms with van der Waals surface area (Å²) in [5.74, 6) is -1.20. The van der Waals surface area contributed by atoms with Gasteiger partial charge in [-0.3, -0.25) is 4.79 Å². The fourth-order valence-corrected chi connectivity index (χ4v) is 2.23. The van der Waals surface area contributed by atoms with Gasteiger partial charge in [-0.05, 0) is 47.7 Å². The van der Waals surface area contributed by atoms with Crippen LogP contribution in [0, 0.1) is 11.6 Å². The minimum atomic E-state index is -0.506. The van der Waals surface area contributed by atoms with Crippen LogP contribution < -0.4 is 5.32 Å². The maximum absolute atomic E-state index is 13.4. The first kappa shape index (κ1) is 17.1. The van der Waals surface area contributed by atoms with Gasteiger partial charge in [0.05, 0.1) is 6.61 Å². The predicted octanol–water partition coefficient (Wildman–Crippen LogP) is 2.75. The van der Waals surface area contributed by atoms with Crippen molar-refractivity contribution in [2.75, 3.05) is 6.54 Å². The van der Waals surface area contributed by atoms with E-state index in [2.05, 4.69) is 5.32 Å². The van der Waals surface area contributed by atoms with E-state index in [0.717, 1.165) is 29.3 Å². The fraction of sp³-hybridized carbons (Fsp3) is 0.278. The van der Waals surface area contributed by atoms with E-state index in [9.17, 15) is 13.6 Å². The molecule has 0 radical (unpaired) electrons. The van der Waals surface area contributed by atoms with E-state index in [4.69, 9.17) is 5.11 Å². The molecule has 0 fully saturated rings. The van der Waals surface area contributed by atoms with Crippen molar-refractivity contribution in [2.24, 2.45) is 0 Å². The normalized spacial score (nSPS) is 10.6. The lowest BCUT2D eigenvalue weighted by Crippen LogP contribution is -2.26. The molecule has 122 valence electrons. The predicted molar refractivity (Wildman–Crippen MR) is 83.8 cm³/mol. The van der Waals surface area contributed by atoms with Gasteiger partial charge >= 0.3 is 0 Å². The number of rotatable bonds is 7. The summed E-state index contributed by atoms with van der Waals surface area (Å²) in [6.45, 7) is 0.483. The van der Waals surface area contributed by atoms with Crippen molar-refractivity contribution in [1.29, 1.82) is 0 Å². The zero-order chi connectivity index (χ0) is 16.7. The lowest BCUT2D eigenvalue weighted by atomic mass is 10.1. The number of amides is 1. The number of carbonyl (C=O) groups is 1. The van der Waals surface area contributed by atoms with Crippen LogP contribution in [0.3, 0.4) is 0 Å². The molecule has 0 saturated carbocycles. The molecule has 0 aliphatic carbocycles. The Morgan fingerprint density at radius 2 is 1.70 bits per heavy atom. The highest BCUT2D eigenvalue weighted by molar-refractivity contribution is 5.76. The summed E-state index contributed by atoms with van der Waals surface area (Å²) in [4.78, 5) is 11.7. The number of nitrogens with one attached hydrogen (secondary N) is 1. The Morgan fingerprint density at radius 3 is 2.39 bits per heavy atom. The maximum Gasteiger partial charge on any atom is 0.220 e. The quantitative estimate of drug-likeness (QED) is 0.824. The van der Waals surface area contributed by atoms with Crippen LogP contribution in [0.1, 0.15) is 23.1 Å². The van der Waals surface area contributed by atoms with Crippen LogP contribution >= 0.6 is 0 Å². The SMILES string of the molecule is O=C(CCc1cc(F)ccc1F)NCCc1ccc(CO)cc1. The van der Waals surface area contributed by atoms with Crippen molar-refractivity contribution in [3.63, 3.8) is 0 Å². The first-order valence-electron chi connectivity index (χ1n) is 7.48. The second-order valence-electron chi connectivity index (χ2n) is 5.31. The van der Waals surface area contributed by atoms with Gasteiger partial charge in [0, 0.05) is 13.0 Å². The molecule has 0 atom stereocenters. The van der Waals surface area contributed by atoms with Gasteiger partial charge in [0.1, 0.15) is 11.6 Å². The van der Waals surface area contributed by atoms with E-state index < -0.39 is 11.6 Å². The first-order chi connectivity index (χ1) is 11.1. The highest BCUT2D eigenvalue weighted by atomic mass is 19.1. The summed E-state index contributed by atoms with van der Waals surface area (Å²) in [6, 6.07) is 10.7. The standard InChI is InChI=1S/C18H19F2NO2/c19-16-6-7-17(20)15(11-16)5-8-18(23)21-10-9-13-1-3-14(12-22)4-2-13/h1-4,6-7,11,22H,5,8-10,12H2,(H,21,23). The third-order valence-corrected chi connectivity index (χ3v) is 3.57. The fourth-order valence-electron chi connectivity index (χ4n) is 2.23. The monoisotopic (exact) mass is 319 g/mol. The van der Waals surface area contributed by atoms with Gasteiger partial charge in [-0.25, -0.2) is 8.78 Å². The molecule has 0 aromatic heterocycles. The Balaban J connectivity index is 1.73. The molecule has 5 heteroatoms.